The van der Waals surface area contributed by atoms with E-state index >= 15 is 0 Å². The van der Waals surface area contributed by atoms with Crippen molar-refractivity contribution in [2.75, 3.05) is 56.6 Å². The van der Waals surface area contributed by atoms with Crippen LogP contribution in [0.4, 0.5) is 11.8 Å². The molecule has 0 saturated carbocycles. The lowest BCUT2D eigenvalue weighted by atomic mass is 10.0. The molecule has 0 spiro atoms. The molecule has 3 aromatic heterocycles. The van der Waals surface area contributed by atoms with E-state index in [0.717, 1.165) is 62.8 Å². The van der Waals surface area contributed by atoms with Crippen molar-refractivity contribution < 1.29 is 19.0 Å². The molecule has 50 heavy (non-hydrogen) atoms. The van der Waals surface area contributed by atoms with Gasteiger partial charge in [-0.05, 0) is 57.4 Å². The summed E-state index contributed by atoms with van der Waals surface area (Å²) in [4.78, 5) is 29.4. The molecule has 1 unspecified atom stereocenters. The summed E-state index contributed by atoms with van der Waals surface area (Å²) in [6.07, 6.45) is 3.58. The number of carbonyl (C=O) groups is 1. The number of carbonyl (C=O) groups excluding carboxylic acids is 1. The van der Waals surface area contributed by atoms with Crippen molar-refractivity contribution in [2.24, 2.45) is 0 Å². The molecular weight excluding hydrogens is 649 g/mol. The number of nitrogens with zero attached hydrogens (tertiary/aromatic N) is 6. The molecule has 4 heterocycles. The normalized spacial score (nSPS) is 14.8. The van der Waals surface area contributed by atoms with Crippen molar-refractivity contribution in [2.45, 2.75) is 84.1 Å². The van der Waals surface area contributed by atoms with Crippen LogP contribution in [0, 0.1) is 0 Å². The molecule has 4 aromatic rings. The van der Waals surface area contributed by atoms with Gasteiger partial charge in [0.05, 0.1) is 30.3 Å². The van der Waals surface area contributed by atoms with E-state index in [9.17, 15) is 4.79 Å². The Morgan fingerprint density at radius 3 is 2.56 bits per heavy atom. The van der Waals surface area contributed by atoms with E-state index in [1.54, 1.807) is 0 Å². The zero-order valence-corrected chi connectivity index (χ0v) is 31.6. The second-order valence-corrected chi connectivity index (χ2v) is 20.6. The third kappa shape index (κ3) is 11.6. The Kier molecular flexibility index (Phi) is 13.0. The summed E-state index contributed by atoms with van der Waals surface area (Å²) < 4.78 is 19.0. The molecule has 1 fully saturated rings. The van der Waals surface area contributed by atoms with Crippen molar-refractivity contribution in [3.05, 3.63) is 60.3 Å². The number of anilines is 2. The van der Waals surface area contributed by atoms with Crippen LogP contribution in [-0.4, -0.2) is 95.3 Å². The number of ether oxygens (including phenoxy) is 3. The van der Waals surface area contributed by atoms with Gasteiger partial charge in [0.15, 0.2) is 5.65 Å². The molecule has 1 atom stereocenters. The third-order valence-corrected chi connectivity index (χ3v) is 10.0. The van der Waals surface area contributed by atoms with E-state index in [0.29, 0.717) is 48.2 Å². The maximum atomic E-state index is 12.4. The smallest absolute Gasteiger partial charge is 0.306 e. The van der Waals surface area contributed by atoms with Gasteiger partial charge in [0.25, 0.3) is 0 Å². The van der Waals surface area contributed by atoms with Gasteiger partial charge in [-0.3, -0.25) is 9.69 Å². The minimum Gasteiger partial charge on any atom is -0.460 e. The number of fused-ring (bicyclic) bond motifs is 1. The first-order valence-corrected chi connectivity index (χ1v) is 21.5. The molecule has 12 nitrogen and oxygen atoms in total. The van der Waals surface area contributed by atoms with Crippen LogP contribution in [0.2, 0.25) is 25.7 Å². The molecule has 1 aliphatic rings. The minimum atomic E-state index is -1.25. The van der Waals surface area contributed by atoms with Gasteiger partial charge in [0.2, 0.25) is 5.95 Å². The van der Waals surface area contributed by atoms with Gasteiger partial charge in [-0.25, -0.2) is 14.6 Å². The molecule has 0 bridgehead atoms. The summed E-state index contributed by atoms with van der Waals surface area (Å²) in [7, 11) is -1.25. The molecule has 13 heteroatoms. The van der Waals surface area contributed by atoms with Crippen LogP contribution >= 0.6 is 0 Å². The Morgan fingerprint density at radius 1 is 1.04 bits per heavy atom. The second-order valence-electron chi connectivity index (χ2n) is 15.0. The van der Waals surface area contributed by atoms with Crippen LogP contribution in [-0.2, 0) is 25.7 Å². The molecule has 1 saturated heterocycles. The van der Waals surface area contributed by atoms with Crippen LogP contribution < -0.4 is 10.6 Å². The topological polar surface area (TPSA) is 129 Å². The molecule has 1 aliphatic heterocycles. The Balaban J connectivity index is 1.35. The summed E-state index contributed by atoms with van der Waals surface area (Å²) in [5, 5.41) is 12.8. The van der Waals surface area contributed by atoms with Gasteiger partial charge in [-0.1, -0.05) is 56.0 Å². The first-order chi connectivity index (χ1) is 23.9. The number of pyridine rings is 1. The van der Waals surface area contributed by atoms with Gasteiger partial charge in [0.1, 0.15) is 23.8 Å². The number of hydrogen-bond donors (Lipinski definition) is 2. The third-order valence-electron chi connectivity index (χ3n) is 8.32. The van der Waals surface area contributed by atoms with Gasteiger partial charge in [-0.15, -0.1) is 0 Å². The number of rotatable bonds is 17. The number of benzene rings is 1. The molecule has 0 aliphatic carbocycles. The lowest BCUT2D eigenvalue weighted by molar-refractivity contribution is -0.154. The quantitative estimate of drug-likeness (QED) is 0.0701. The lowest BCUT2D eigenvalue weighted by Gasteiger charge is -2.26. The molecule has 1 aromatic carbocycles. The highest BCUT2D eigenvalue weighted by molar-refractivity contribution is 6.76. The van der Waals surface area contributed by atoms with Crippen LogP contribution in [0.15, 0.2) is 54.7 Å². The van der Waals surface area contributed by atoms with Crippen molar-refractivity contribution in [3.8, 4) is 11.4 Å². The SMILES string of the molecule is CC(C)(C)OC(=O)CCCC(Nc1cccc(-c2nn(COCC[Si](C)(C)C)c3nc(NCCN4CCOCC4)ncc23)n1)c1ccccc1. The van der Waals surface area contributed by atoms with Crippen molar-refractivity contribution in [1.29, 1.82) is 0 Å². The van der Waals surface area contributed by atoms with E-state index in [2.05, 4.69) is 52.3 Å². The molecule has 0 radical (unpaired) electrons. The second kappa shape index (κ2) is 17.3. The van der Waals surface area contributed by atoms with Gasteiger partial charge in [0, 0.05) is 53.5 Å². The fraction of sp³-hybridized carbons (Fsp3) is 0.541. The van der Waals surface area contributed by atoms with Crippen LogP contribution in [0.3, 0.4) is 0 Å². The largest absolute Gasteiger partial charge is 0.460 e. The predicted molar refractivity (Wildman–Crippen MR) is 201 cm³/mol. The van der Waals surface area contributed by atoms with E-state index in [-0.39, 0.29) is 18.7 Å². The van der Waals surface area contributed by atoms with E-state index in [4.69, 9.17) is 29.3 Å². The summed E-state index contributed by atoms with van der Waals surface area (Å²) >= 11 is 0. The Bertz CT molecular complexity index is 1670. The van der Waals surface area contributed by atoms with Gasteiger partial charge < -0.3 is 24.8 Å². The average Bonchev–Trinajstić information content (AvgIpc) is 3.44. The van der Waals surface area contributed by atoms with Crippen LogP contribution in [0.25, 0.3) is 22.4 Å². The first kappa shape index (κ1) is 37.3. The van der Waals surface area contributed by atoms with Crippen molar-refractivity contribution in [3.63, 3.8) is 0 Å². The van der Waals surface area contributed by atoms with E-state index in [1.807, 2.05) is 68.0 Å². The van der Waals surface area contributed by atoms with Gasteiger partial charge in [-0.2, -0.15) is 10.1 Å². The monoisotopic (exact) mass is 702 g/mol. The zero-order chi connectivity index (χ0) is 35.6. The molecule has 2 N–H and O–H groups in total. The summed E-state index contributed by atoms with van der Waals surface area (Å²) in [5.74, 6) is 1.08. The minimum absolute atomic E-state index is 0.0510. The van der Waals surface area contributed by atoms with E-state index < -0.39 is 13.7 Å². The number of hydrogen-bond acceptors (Lipinski definition) is 11. The zero-order valence-electron chi connectivity index (χ0n) is 30.6. The maximum absolute atomic E-state index is 12.4. The number of aromatic nitrogens is 5. The Morgan fingerprint density at radius 2 is 1.82 bits per heavy atom. The van der Waals surface area contributed by atoms with Crippen LogP contribution in [0.5, 0.6) is 0 Å². The van der Waals surface area contributed by atoms with Crippen molar-refractivity contribution in [1.82, 2.24) is 29.6 Å². The van der Waals surface area contributed by atoms with Gasteiger partial charge >= 0.3 is 5.97 Å². The molecular formula is C37H54N8O4Si. The lowest BCUT2D eigenvalue weighted by Crippen LogP contribution is -2.39. The number of nitrogens with one attached hydrogen (secondary N) is 2. The van der Waals surface area contributed by atoms with Crippen LogP contribution in [0.1, 0.15) is 51.6 Å². The standard InChI is InChI=1S/C37H54N8O4Si/c1-37(2,3)49-33(46)17-11-14-30(28-12-8-7-9-13-28)40-32-16-10-15-31(41-32)34-29-26-39-36(38-18-19-44-20-22-47-23-21-44)42-35(29)45(43-34)27-48-24-25-50(4,5)6/h7-10,12-13,15-16,26,30H,11,14,17-25,27H2,1-6H3,(H,40,41)(H,38,39,42). The fourth-order valence-corrected chi connectivity index (χ4v) is 6.44. The first-order valence-electron chi connectivity index (χ1n) is 17.8. The Hall–Kier alpha value is -3.91. The summed E-state index contributed by atoms with van der Waals surface area (Å²) in [6.45, 7) is 18.7. The molecule has 5 rings (SSSR count). The average molecular weight is 703 g/mol. The summed E-state index contributed by atoms with van der Waals surface area (Å²) in [5.41, 5.74) is 2.72. The molecule has 270 valence electrons. The highest BCUT2D eigenvalue weighted by atomic mass is 28.3. The number of morpholine rings is 1. The highest BCUT2D eigenvalue weighted by Gasteiger charge is 2.21. The molecule has 0 amide bonds. The Labute approximate surface area is 297 Å². The predicted octanol–water partition coefficient (Wildman–Crippen LogP) is 6.61. The van der Waals surface area contributed by atoms with E-state index in [1.165, 1.54) is 0 Å². The maximum Gasteiger partial charge on any atom is 0.306 e. The fourth-order valence-electron chi connectivity index (χ4n) is 5.68. The highest BCUT2D eigenvalue weighted by Crippen LogP contribution is 2.29. The summed E-state index contributed by atoms with van der Waals surface area (Å²) in [6, 6.07) is 17.1. The number of esters is 1. The van der Waals surface area contributed by atoms with Crippen molar-refractivity contribution >= 4 is 36.8 Å².